The average molecular weight is 473 g/mol. The van der Waals surface area contributed by atoms with E-state index in [0.717, 1.165) is 44.9 Å². The number of esters is 1. The Morgan fingerprint density at radius 2 is 1.74 bits per heavy atom. The van der Waals surface area contributed by atoms with Gasteiger partial charge in [-0.05, 0) is 100 Å². The minimum absolute atomic E-state index is 0.00210. The number of rotatable bonds is 2. The van der Waals surface area contributed by atoms with Gasteiger partial charge in [0, 0.05) is 12.3 Å². The van der Waals surface area contributed by atoms with E-state index in [0.29, 0.717) is 29.4 Å². The van der Waals surface area contributed by atoms with Crippen molar-refractivity contribution in [3.63, 3.8) is 0 Å². The molecule has 4 aliphatic carbocycles. The van der Waals surface area contributed by atoms with Crippen molar-refractivity contribution in [2.45, 2.75) is 109 Å². The molecule has 188 valence electrons. The summed E-state index contributed by atoms with van der Waals surface area (Å²) in [4.78, 5) is 11.7. The molecule has 6 rings (SSSR count). The first kappa shape index (κ1) is 23.1. The first-order chi connectivity index (χ1) is 16.0. The summed E-state index contributed by atoms with van der Waals surface area (Å²) in [5, 5.41) is 12.0. The van der Waals surface area contributed by atoms with Gasteiger partial charge < -0.3 is 23.7 Å². The Kier molecular flexibility index (Phi) is 4.97. The second-order valence-corrected chi connectivity index (χ2v) is 12.8. The molecule has 1 aliphatic heterocycles. The second kappa shape index (κ2) is 7.33. The monoisotopic (exact) mass is 472 g/mol. The molecule has 5 fully saturated rings. The average Bonchev–Trinajstić information content (AvgIpc) is 3.46. The Hall–Kier alpha value is -1.37. The van der Waals surface area contributed by atoms with Crippen molar-refractivity contribution in [1.82, 2.24) is 0 Å². The number of carbonyl (C=O) groups is 1. The molecule has 0 radical (unpaired) electrons. The van der Waals surface area contributed by atoms with Crippen molar-refractivity contribution >= 4 is 5.97 Å². The number of hydrogen-bond acceptors (Lipinski definition) is 6. The Labute approximate surface area is 202 Å². The van der Waals surface area contributed by atoms with E-state index < -0.39 is 11.4 Å². The molecule has 34 heavy (non-hydrogen) atoms. The van der Waals surface area contributed by atoms with Gasteiger partial charge in [0.2, 0.25) is 0 Å². The third-order valence-corrected chi connectivity index (χ3v) is 10.9. The van der Waals surface area contributed by atoms with Crippen LogP contribution in [0.2, 0.25) is 0 Å². The lowest BCUT2D eigenvalue weighted by Gasteiger charge is -2.63. The first-order valence-electron chi connectivity index (χ1n) is 13.3. The highest BCUT2D eigenvalue weighted by Gasteiger charge is 2.71. The highest BCUT2D eigenvalue weighted by atomic mass is 16.8. The summed E-state index contributed by atoms with van der Waals surface area (Å²) in [5.74, 6) is 1.36. The maximum atomic E-state index is 12.0. The van der Waals surface area contributed by atoms with E-state index in [1.807, 2.05) is 26.0 Å². The van der Waals surface area contributed by atoms with Crippen LogP contribution >= 0.6 is 0 Å². The van der Waals surface area contributed by atoms with E-state index in [2.05, 4.69) is 13.8 Å². The van der Waals surface area contributed by atoms with Crippen LogP contribution in [0.3, 0.4) is 0 Å². The van der Waals surface area contributed by atoms with Gasteiger partial charge in [-0.15, -0.1) is 0 Å². The Morgan fingerprint density at radius 1 is 1.00 bits per heavy atom. The zero-order valence-corrected chi connectivity index (χ0v) is 21.2. The van der Waals surface area contributed by atoms with Gasteiger partial charge in [0.25, 0.3) is 0 Å². The van der Waals surface area contributed by atoms with Crippen molar-refractivity contribution in [2.24, 2.45) is 34.5 Å². The van der Waals surface area contributed by atoms with Crippen LogP contribution in [0.15, 0.2) is 22.8 Å². The van der Waals surface area contributed by atoms with Crippen molar-refractivity contribution in [2.75, 3.05) is 0 Å². The third-order valence-electron chi connectivity index (χ3n) is 10.9. The fraction of sp³-hybridized carbons (Fsp3) is 0.821. The number of hydrogen-bond donors (Lipinski definition) is 1. The zero-order valence-electron chi connectivity index (χ0n) is 21.2. The minimum Gasteiger partial charge on any atom is -0.466 e. The van der Waals surface area contributed by atoms with Gasteiger partial charge in [-0.3, -0.25) is 4.79 Å². The molecule has 1 aromatic heterocycles. The van der Waals surface area contributed by atoms with Crippen molar-refractivity contribution in [3.8, 4) is 0 Å². The molecule has 0 unspecified atom stereocenters. The second-order valence-electron chi connectivity index (χ2n) is 12.8. The van der Waals surface area contributed by atoms with E-state index in [1.165, 1.54) is 6.92 Å². The van der Waals surface area contributed by atoms with Crippen molar-refractivity contribution in [3.05, 3.63) is 24.2 Å². The molecule has 6 nitrogen and oxygen atoms in total. The van der Waals surface area contributed by atoms with Crippen molar-refractivity contribution < 1.29 is 28.5 Å². The quantitative estimate of drug-likeness (QED) is 0.598. The Bertz CT molecular complexity index is 956. The van der Waals surface area contributed by atoms with Crippen LogP contribution < -0.4 is 0 Å². The molecule has 2 heterocycles. The SMILES string of the molecule is CC(=O)O[C@H]1CC[C@@]2(C)[C@H](C1)[C@H]1OC(C)(C)O[C@@H]1[C@@H]1[C@@H]2CC[C@@]2(C)[C@H]1CC[C@@]2(O)c1ccco1. The lowest BCUT2D eigenvalue weighted by atomic mass is 9.43. The van der Waals surface area contributed by atoms with Crippen LogP contribution in [-0.4, -0.2) is 35.2 Å². The van der Waals surface area contributed by atoms with E-state index in [1.54, 1.807) is 6.26 Å². The standard InChI is InChI=1S/C28H40O6/c1-16(29)32-17-8-11-26(4)18-9-12-27(5)19(10-13-28(27,30)21-7-6-14-31-21)22(18)24-23(20(26)15-17)33-25(2,3)34-24/h6-7,14,17-20,22-24,30H,8-13,15H2,1-5H3/t17-,18-,19-,20+,22+,23+,24+,26+,27-,28+/m0/s1. The summed E-state index contributed by atoms with van der Waals surface area (Å²) in [6.07, 6.45) is 8.16. The normalized spacial score (nSPS) is 51.2. The summed E-state index contributed by atoms with van der Waals surface area (Å²) in [6.45, 7) is 10.3. The maximum Gasteiger partial charge on any atom is 0.302 e. The molecule has 0 bridgehead atoms. The summed E-state index contributed by atoms with van der Waals surface area (Å²) >= 11 is 0. The van der Waals surface area contributed by atoms with E-state index in [9.17, 15) is 9.90 Å². The smallest absolute Gasteiger partial charge is 0.302 e. The maximum absolute atomic E-state index is 12.0. The van der Waals surface area contributed by atoms with Crippen LogP contribution in [0, 0.1) is 34.5 Å². The molecule has 1 aromatic rings. The van der Waals surface area contributed by atoms with Crippen LogP contribution in [0.5, 0.6) is 0 Å². The molecule has 5 aliphatic rings. The lowest BCUT2D eigenvalue weighted by molar-refractivity contribution is -0.210. The molecule has 0 aromatic carbocycles. The Morgan fingerprint density at radius 3 is 2.44 bits per heavy atom. The molecule has 1 N–H and O–H groups in total. The summed E-state index contributed by atoms with van der Waals surface area (Å²) in [5.41, 5.74) is -1.09. The number of furan rings is 1. The molecule has 10 atom stereocenters. The van der Waals surface area contributed by atoms with Gasteiger partial charge in [-0.2, -0.15) is 0 Å². The molecule has 6 heteroatoms. The molecular formula is C28H40O6. The first-order valence-corrected chi connectivity index (χ1v) is 13.3. The minimum atomic E-state index is -0.943. The largest absolute Gasteiger partial charge is 0.466 e. The number of aliphatic hydroxyl groups is 1. The summed E-state index contributed by atoms with van der Waals surface area (Å²) < 4.78 is 24.9. The summed E-state index contributed by atoms with van der Waals surface area (Å²) in [7, 11) is 0. The van der Waals surface area contributed by atoms with Crippen LogP contribution in [-0.2, 0) is 24.6 Å². The molecular weight excluding hydrogens is 432 g/mol. The fourth-order valence-electron chi connectivity index (χ4n) is 9.42. The van der Waals surface area contributed by atoms with Crippen molar-refractivity contribution in [1.29, 1.82) is 0 Å². The van der Waals surface area contributed by atoms with Gasteiger partial charge >= 0.3 is 5.97 Å². The van der Waals surface area contributed by atoms with E-state index >= 15 is 0 Å². The Balaban J connectivity index is 1.39. The molecule has 4 saturated carbocycles. The highest BCUT2D eigenvalue weighted by Crippen LogP contribution is 2.71. The lowest BCUT2D eigenvalue weighted by Crippen LogP contribution is -2.64. The van der Waals surface area contributed by atoms with Crippen LogP contribution in [0.4, 0.5) is 0 Å². The van der Waals surface area contributed by atoms with Gasteiger partial charge in [0.05, 0.1) is 18.5 Å². The topological polar surface area (TPSA) is 78.1 Å². The van der Waals surface area contributed by atoms with Gasteiger partial charge in [0.1, 0.15) is 17.5 Å². The molecule has 1 saturated heterocycles. The number of ether oxygens (including phenoxy) is 3. The highest BCUT2D eigenvalue weighted by molar-refractivity contribution is 5.66. The van der Waals surface area contributed by atoms with Gasteiger partial charge in [0.15, 0.2) is 5.79 Å². The third kappa shape index (κ3) is 3.00. The van der Waals surface area contributed by atoms with Gasteiger partial charge in [-0.1, -0.05) is 13.8 Å². The van der Waals surface area contributed by atoms with E-state index in [-0.39, 0.29) is 35.1 Å². The number of carbonyl (C=O) groups excluding carboxylic acids is 1. The zero-order chi connectivity index (χ0) is 24.1. The fourth-order valence-corrected chi connectivity index (χ4v) is 9.42. The summed E-state index contributed by atoms with van der Waals surface area (Å²) in [6, 6.07) is 3.82. The van der Waals surface area contributed by atoms with E-state index in [4.69, 9.17) is 18.6 Å². The molecule has 0 amide bonds. The predicted molar refractivity (Wildman–Crippen MR) is 124 cm³/mol. The van der Waals surface area contributed by atoms with Crippen LogP contribution in [0.1, 0.15) is 85.3 Å². The number of fused-ring (bicyclic) bond motifs is 8. The molecule has 0 spiro atoms. The van der Waals surface area contributed by atoms with Gasteiger partial charge in [-0.25, -0.2) is 0 Å². The predicted octanol–water partition coefficient (Wildman–Crippen LogP) is 5.18. The van der Waals surface area contributed by atoms with Crippen LogP contribution in [0.25, 0.3) is 0 Å².